The van der Waals surface area contributed by atoms with Gasteiger partial charge in [-0.3, -0.25) is 0 Å². The molecule has 2 N–H and O–H groups in total. The third kappa shape index (κ3) is 3.52. The summed E-state index contributed by atoms with van der Waals surface area (Å²) in [7, 11) is -3.78. The van der Waals surface area contributed by atoms with E-state index in [4.69, 9.17) is 16.9 Å². The minimum atomic E-state index is -3.78. The smallest absolute Gasteiger partial charge is 0.240 e. The molecule has 0 saturated heterocycles. The fraction of sp³-hybridized carbons (Fsp3) is 0.0714. The molecule has 21 heavy (non-hydrogen) atoms. The molecule has 0 bridgehead atoms. The van der Waals surface area contributed by atoms with E-state index in [0.29, 0.717) is 5.56 Å². The van der Waals surface area contributed by atoms with E-state index in [2.05, 4.69) is 4.72 Å². The molecule has 0 aromatic heterocycles. The van der Waals surface area contributed by atoms with Crippen LogP contribution < -0.4 is 4.72 Å². The summed E-state index contributed by atoms with van der Waals surface area (Å²) < 4.78 is 26.6. The first-order valence-electron chi connectivity index (χ1n) is 5.90. The molecule has 0 unspecified atom stereocenters. The number of nitriles is 1. The molecular weight excluding hydrogens is 312 g/mol. The van der Waals surface area contributed by atoms with Crippen LogP contribution in [0.1, 0.15) is 11.1 Å². The molecule has 2 aromatic rings. The second kappa shape index (κ2) is 6.14. The van der Waals surface area contributed by atoms with Gasteiger partial charge in [-0.2, -0.15) is 5.26 Å². The Morgan fingerprint density at radius 2 is 1.95 bits per heavy atom. The molecule has 0 heterocycles. The Hall–Kier alpha value is -2.07. The zero-order valence-corrected chi connectivity index (χ0v) is 12.3. The number of hydrogen-bond donors (Lipinski definition) is 2. The van der Waals surface area contributed by atoms with Crippen LogP contribution >= 0.6 is 11.6 Å². The lowest BCUT2D eigenvalue weighted by Gasteiger charge is -2.08. The van der Waals surface area contributed by atoms with Crippen molar-refractivity contribution in [1.29, 1.82) is 5.26 Å². The predicted octanol–water partition coefficient (Wildman–Crippen LogP) is 2.40. The molecule has 0 radical (unpaired) electrons. The van der Waals surface area contributed by atoms with E-state index < -0.39 is 10.0 Å². The second-order valence-corrected chi connectivity index (χ2v) is 6.38. The molecule has 0 aliphatic rings. The Morgan fingerprint density at radius 1 is 1.24 bits per heavy atom. The third-order valence-electron chi connectivity index (χ3n) is 2.82. The first kappa shape index (κ1) is 15.3. The highest BCUT2D eigenvalue weighted by atomic mass is 35.5. The number of phenolic OH excluding ortho intramolecular Hbond substituents is 1. The highest BCUT2D eigenvalue weighted by molar-refractivity contribution is 7.89. The molecule has 2 rings (SSSR count). The standard InChI is InChI=1S/C14H11ClN2O3S/c15-13-7-12(6-5-10(13)8-16)21(19,20)17-9-11-3-1-2-4-14(11)18/h1-7,17-18H,9H2. The van der Waals surface area contributed by atoms with Crippen LogP contribution in [0.2, 0.25) is 5.02 Å². The fourth-order valence-electron chi connectivity index (χ4n) is 1.67. The van der Waals surface area contributed by atoms with Crippen molar-refractivity contribution >= 4 is 21.6 Å². The average Bonchev–Trinajstić information content (AvgIpc) is 2.46. The first-order chi connectivity index (χ1) is 9.94. The van der Waals surface area contributed by atoms with E-state index >= 15 is 0 Å². The molecule has 0 amide bonds. The van der Waals surface area contributed by atoms with Gasteiger partial charge in [0.1, 0.15) is 11.8 Å². The van der Waals surface area contributed by atoms with Crippen molar-refractivity contribution < 1.29 is 13.5 Å². The van der Waals surface area contributed by atoms with E-state index in [0.717, 1.165) is 0 Å². The summed E-state index contributed by atoms with van der Waals surface area (Å²) in [6, 6.07) is 12.2. The van der Waals surface area contributed by atoms with E-state index in [9.17, 15) is 13.5 Å². The number of benzene rings is 2. The van der Waals surface area contributed by atoms with Crippen LogP contribution in [-0.2, 0) is 16.6 Å². The molecule has 5 nitrogen and oxygen atoms in total. The van der Waals surface area contributed by atoms with Crippen molar-refractivity contribution in [1.82, 2.24) is 4.72 Å². The second-order valence-electron chi connectivity index (χ2n) is 4.21. The number of rotatable bonds is 4. The van der Waals surface area contributed by atoms with Gasteiger partial charge in [0.25, 0.3) is 0 Å². The number of phenols is 1. The summed E-state index contributed by atoms with van der Waals surface area (Å²) in [6.45, 7) is -0.0490. The maximum atomic E-state index is 12.1. The molecule has 0 atom stereocenters. The largest absolute Gasteiger partial charge is 0.508 e. The van der Waals surface area contributed by atoms with Gasteiger partial charge in [0.05, 0.1) is 15.5 Å². The van der Waals surface area contributed by atoms with Crippen molar-refractivity contribution in [2.75, 3.05) is 0 Å². The van der Waals surface area contributed by atoms with Gasteiger partial charge in [-0.1, -0.05) is 29.8 Å². The lowest BCUT2D eigenvalue weighted by Crippen LogP contribution is -2.23. The Morgan fingerprint density at radius 3 is 2.57 bits per heavy atom. The van der Waals surface area contributed by atoms with Crippen LogP contribution in [-0.4, -0.2) is 13.5 Å². The summed E-state index contributed by atoms with van der Waals surface area (Å²) in [5, 5.41) is 18.4. The molecule has 0 aliphatic carbocycles. The van der Waals surface area contributed by atoms with Crippen molar-refractivity contribution in [3.63, 3.8) is 0 Å². The number of para-hydroxylation sites is 1. The predicted molar refractivity (Wildman–Crippen MR) is 78.3 cm³/mol. The number of aromatic hydroxyl groups is 1. The van der Waals surface area contributed by atoms with Crippen LogP contribution in [0.25, 0.3) is 0 Å². The zero-order valence-electron chi connectivity index (χ0n) is 10.7. The van der Waals surface area contributed by atoms with Crippen molar-refractivity contribution in [3.8, 4) is 11.8 Å². The van der Waals surface area contributed by atoms with Crippen LogP contribution in [0.15, 0.2) is 47.4 Å². The molecule has 0 spiro atoms. The Bertz CT molecular complexity index is 813. The average molecular weight is 323 g/mol. The SMILES string of the molecule is N#Cc1ccc(S(=O)(=O)NCc2ccccc2O)cc1Cl. The molecular formula is C14H11ClN2O3S. The molecule has 7 heteroatoms. The van der Waals surface area contributed by atoms with Gasteiger partial charge in [0.2, 0.25) is 10.0 Å². The zero-order chi connectivity index (χ0) is 15.5. The quantitative estimate of drug-likeness (QED) is 0.904. The Kier molecular flexibility index (Phi) is 4.48. The topological polar surface area (TPSA) is 90.2 Å². The lowest BCUT2D eigenvalue weighted by atomic mass is 10.2. The van der Waals surface area contributed by atoms with Crippen molar-refractivity contribution in [3.05, 3.63) is 58.6 Å². The molecule has 2 aromatic carbocycles. The van der Waals surface area contributed by atoms with Gasteiger partial charge in [0.15, 0.2) is 0 Å². The number of halogens is 1. The third-order valence-corrected chi connectivity index (χ3v) is 4.53. The van der Waals surface area contributed by atoms with Gasteiger partial charge in [-0.05, 0) is 24.3 Å². The first-order valence-corrected chi connectivity index (χ1v) is 7.76. The summed E-state index contributed by atoms with van der Waals surface area (Å²) in [4.78, 5) is -0.0399. The van der Waals surface area contributed by atoms with Gasteiger partial charge in [-0.15, -0.1) is 0 Å². The Balaban J connectivity index is 2.21. The minimum Gasteiger partial charge on any atom is -0.508 e. The molecule has 0 aliphatic heterocycles. The number of hydrogen-bond acceptors (Lipinski definition) is 4. The highest BCUT2D eigenvalue weighted by Crippen LogP contribution is 2.21. The van der Waals surface area contributed by atoms with E-state index in [1.165, 1.54) is 24.3 Å². The van der Waals surface area contributed by atoms with Crippen LogP contribution in [0.5, 0.6) is 5.75 Å². The summed E-state index contributed by atoms with van der Waals surface area (Å²) in [6.07, 6.45) is 0. The van der Waals surface area contributed by atoms with Crippen LogP contribution in [0, 0.1) is 11.3 Å². The molecule has 0 fully saturated rings. The Labute approximate surface area is 127 Å². The van der Waals surface area contributed by atoms with Gasteiger partial charge in [0, 0.05) is 12.1 Å². The van der Waals surface area contributed by atoms with Crippen LogP contribution in [0.4, 0.5) is 0 Å². The molecule has 0 saturated carbocycles. The monoisotopic (exact) mass is 322 g/mol. The fourth-order valence-corrected chi connectivity index (χ4v) is 2.99. The molecule has 108 valence electrons. The number of nitrogens with one attached hydrogen (secondary N) is 1. The van der Waals surface area contributed by atoms with E-state index in [1.54, 1.807) is 18.2 Å². The summed E-state index contributed by atoms with van der Waals surface area (Å²) >= 11 is 5.82. The maximum absolute atomic E-state index is 12.1. The number of sulfonamides is 1. The maximum Gasteiger partial charge on any atom is 0.240 e. The van der Waals surface area contributed by atoms with E-state index in [-0.39, 0.29) is 27.8 Å². The van der Waals surface area contributed by atoms with E-state index in [1.807, 2.05) is 6.07 Å². The van der Waals surface area contributed by atoms with Gasteiger partial charge < -0.3 is 5.11 Å². The van der Waals surface area contributed by atoms with Gasteiger partial charge in [-0.25, -0.2) is 13.1 Å². The summed E-state index contributed by atoms with van der Waals surface area (Å²) in [5.41, 5.74) is 0.664. The van der Waals surface area contributed by atoms with Crippen LogP contribution in [0.3, 0.4) is 0 Å². The van der Waals surface area contributed by atoms with Crippen molar-refractivity contribution in [2.45, 2.75) is 11.4 Å². The number of nitrogens with zero attached hydrogens (tertiary/aromatic N) is 1. The normalized spacial score (nSPS) is 11.0. The van der Waals surface area contributed by atoms with Gasteiger partial charge >= 0.3 is 0 Å². The van der Waals surface area contributed by atoms with Crippen molar-refractivity contribution in [2.24, 2.45) is 0 Å². The highest BCUT2D eigenvalue weighted by Gasteiger charge is 2.16. The minimum absolute atomic E-state index is 0.0121. The summed E-state index contributed by atoms with van der Waals surface area (Å²) in [5.74, 6) is 0.0121. The lowest BCUT2D eigenvalue weighted by molar-refractivity contribution is 0.467.